The quantitative estimate of drug-likeness (QED) is 0.902. The Kier molecular flexibility index (Phi) is 4.00. The largest absolute Gasteiger partial charge is 0.330 e. The Bertz CT molecular complexity index is 491. The topological polar surface area (TPSA) is 58.7 Å². The van der Waals surface area contributed by atoms with E-state index in [1.807, 2.05) is 31.2 Å². The molecule has 1 aliphatic rings. The Morgan fingerprint density at radius 1 is 1.32 bits per heavy atom. The van der Waals surface area contributed by atoms with Crippen molar-refractivity contribution in [3.05, 3.63) is 29.8 Å². The van der Waals surface area contributed by atoms with Crippen molar-refractivity contribution in [2.24, 2.45) is 22.7 Å². The maximum Gasteiger partial charge on any atom is 0.256 e. The molecule has 0 spiro atoms. The zero-order valence-corrected chi connectivity index (χ0v) is 11.8. The van der Waals surface area contributed by atoms with Crippen LogP contribution in [0.2, 0.25) is 0 Å². The van der Waals surface area contributed by atoms with E-state index in [-0.39, 0.29) is 17.7 Å². The lowest BCUT2D eigenvalue weighted by Gasteiger charge is -2.14. The molecule has 0 bridgehead atoms. The number of nitrogens with two attached hydrogens (primary N) is 1. The lowest BCUT2D eigenvalue weighted by atomic mass is 9.92. The highest BCUT2D eigenvalue weighted by Gasteiger charge is 2.36. The van der Waals surface area contributed by atoms with Gasteiger partial charge >= 0.3 is 0 Å². The summed E-state index contributed by atoms with van der Waals surface area (Å²) in [6.07, 6.45) is 0.665. The molecule has 19 heavy (non-hydrogen) atoms. The molecule has 1 aliphatic heterocycles. The predicted octanol–water partition coefficient (Wildman–Crippen LogP) is 2.32. The van der Waals surface area contributed by atoms with E-state index < -0.39 is 0 Å². The number of benzene rings is 1. The first-order valence-electron chi connectivity index (χ1n) is 6.73. The highest BCUT2D eigenvalue weighted by atomic mass is 16.2. The van der Waals surface area contributed by atoms with Crippen LogP contribution in [0.25, 0.3) is 0 Å². The van der Waals surface area contributed by atoms with Crippen LogP contribution in [0.1, 0.15) is 25.8 Å². The number of nitrogens with zero attached hydrogens (tertiary/aromatic N) is 2. The summed E-state index contributed by atoms with van der Waals surface area (Å²) in [5.74, 6) is 0.139. The smallest absolute Gasteiger partial charge is 0.256 e. The van der Waals surface area contributed by atoms with Crippen LogP contribution in [-0.4, -0.2) is 18.2 Å². The first-order valence-corrected chi connectivity index (χ1v) is 6.73. The predicted molar refractivity (Wildman–Crippen MR) is 78.1 cm³/mol. The summed E-state index contributed by atoms with van der Waals surface area (Å²) < 4.78 is 0. The Morgan fingerprint density at radius 3 is 2.47 bits per heavy atom. The first kappa shape index (κ1) is 13.7. The summed E-state index contributed by atoms with van der Waals surface area (Å²) in [4.78, 5) is 12.5. The minimum Gasteiger partial charge on any atom is -0.330 e. The molecule has 0 aromatic heterocycles. The number of amides is 1. The summed E-state index contributed by atoms with van der Waals surface area (Å²) in [5.41, 5.74) is 8.55. The fraction of sp³-hybridized carbons (Fsp3) is 0.467. The lowest BCUT2D eigenvalue weighted by Crippen LogP contribution is -2.30. The molecule has 1 aromatic carbocycles. The van der Waals surface area contributed by atoms with Gasteiger partial charge in [0.05, 0.1) is 17.3 Å². The number of carbonyl (C=O) groups is 1. The SMILES string of the molecule is Cc1ccc(N2N=C(C(C)C)C(CCN)C2=O)cc1. The fourth-order valence-corrected chi connectivity index (χ4v) is 2.34. The minimum absolute atomic E-state index is 0.0398. The number of hydrogen-bond donors (Lipinski definition) is 1. The van der Waals surface area contributed by atoms with E-state index in [9.17, 15) is 4.79 Å². The summed E-state index contributed by atoms with van der Waals surface area (Å²) >= 11 is 0. The molecular weight excluding hydrogens is 238 g/mol. The van der Waals surface area contributed by atoms with E-state index in [0.29, 0.717) is 13.0 Å². The Morgan fingerprint density at radius 2 is 1.95 bits per heavy atom. The van der Waals surface area contributed by atoms with Crippen LogP contribution in [0.3, 0.4) is 0 Å². The summed E-state index contributed by atoms with van der Waals surface area (Å²) in [5, 5.41) is 6.04. The highest BCUT2D eigenvalue weighted by Crippen LogP contribution is 2.28. The molecule has 0 radical (unpaired) electrons. The average molecular weight is 259 g/mol. The van der Waals surface area contributed by atoms with Crippen LogP contribution < -0.4 is 10.7 Å². The van der Waals surface area contributed by atoms with E-state index >= 15 is 0 Å². The van der Waals surface area contributed by atoms with Crippen molar-refractivity contribution in [1.29, 1.82) is 0 Å². The third kappa shape index (κ3) is 2.68. The van der Waals surface area contributed by atoms with Gasteiger partial charge in [0.15, 0.2) is 0 Å². The second kappa shape index (κ2) is 5.53. The normalized spacial score (nSPS) is 19.2. The Labute approximate surface area is 114 Å². The fourth-order valence-electron chi connectivity index (χ4n) is 2.34. The van der Waals surface area contributed by atoms with Gasteiger partial charge in [-0.25, -0.2) is 5.01 Å². The van der Waals surface area contributed by atoms with Crippen LogP contribution in [0.15, 0.2) is 29.4 Å². The molecule has 1 heterocycles. The number of anilines is 1. The van der Waals surface area contributed by atoms with Gasteiger partial charge in [0.1, 0.15) is 0 Å². The number of hydrogen-bond acceptors (Lipinski definition) is 3. The second-order valence-corrected chi connectivity index (χ2v) is 5.30. The van der Waals surface area contributed by atoms with E-state index in [1.165, 1.54) is 10.6 Å². The van der Waals surface area contributed by atoms with Crippen molar-refractivity contribution in [3.8, 4) is 0 Å². The molecule has 1 amide bonds. The molecule has 0 saturated heterocycles. The molecule has 1 unspecified atom stereocenters. The summed E-state index contributed by atoms with van der Waals surface area (Å²) in [6, 6.07) is 7.84. The lowest BCUT2D eigenvalue weighted by molar-refractivity contribution is -0.119. The van der Waals surface area contributed by atoms with E-state index in [1.54, 1.807) is 0 Å². The molecular formula is C15H21N3O. The molecule has 0 aliphatic carbocycles. The van der Waals surface area contributed by atoms with Gasteiger partial charge in [-0.15, -0.1) is 0 Å². The molecule has 102 valence electrons. The monoisotopic (exact) mass is 259 g/mol. The molecule has 2 rings (SSSR count). The van der Waals surface area contributed by atoms with Gasteiger partial charge in [0.25, 0.3) is 5.91 Å². The van der Waals surface area contributed by atoms with Gasteiger partial charge in [-0.2, -0.15) is 5.10 Å². The zero-order valence-electron chi connectivity index (χ0n) is 11.8. The van der Waals surface area contributed by atoms with Gasteiger partial charge in [-0.05, 0) is 37.9 Å². The number of aryl methyl sites for hydroxylation is 1. The summed E-state index contributed by atoms with van der Waals surface area (Å²) in [6.45, 7) is 6.65. The maximum absolute atomic E-state index is 12.5. The van der Waals surface area contributed by atoms with Gasteiger partial charge in [-0.3, -0.25) is 4.79 Å². The second-order valence-electron chi connectivity index (χ2n) is 5.30. The highest BCUT2D eigenvalue weighted by molar-refractivity contribution is 6.16. The molecule has 1 aromatic rings. The van der Waals surface area contributed by atoms with Crippen molar-refractivity contribution in [2.45, 2.75) is 27.2 Å². The molecule has 1 atom stereocenters. The van der Waals surface area contributed by atoms with Crippen molar-refractivity contribution >= 4 is 17.3 Å². The van der Waals surface area contributed by atoms with E-state index in [2.05, 4.69) is 18.9 Å². The molecule has 4 heteroatoms. The van der Waals surface area contributed by atoms with Crippen molar-refractivity contribution in [2.75, 3.05) is 11.6 Å². The third-order valence-electron chi connectivity index (χ3n) is 3.40. The standard InChI is InChI=1S/C15H21N3O/c1-10(2)14-13(8-9-16)15(19)18(17-14)12-6-4-11(3)5-7-12/h4-7,10,13H,8-9,16H2,1-3H3. The van der Waals surface area contributed by atoms with Crippen molar-refractivity contribution in [3.63, 3.8) is 0 Å². The molecule has 0 saturated carbocycles. The van der Waals surface area contributed by atoms with Gasteiger partial charge in [-0.1, -0.05) is 31.5 Å². The zero-order chi connectivity index (χ0) is 14.0. The molecule has 4 nitrogen and oxygen atoms in total. The van der Waals surface area contributed by atoms with Gasteiger partial charge in [0.2, 0.25) is 0 Å². The Balaban J connectivity index is 2.32. The van der Waals surface area contributed by atoms with Crippen LogP contribution >= 0.6 is 0 Å². The van der Waals surface area contributed by atoms with Gasteiger partial charge < -0.3 is 5.73 Å². The Hall–Kier alpha value is -1.68. The average Bonchev–Trinajstić information content (AvgIpc) is 2.69. The first-order chi connectivity index (χ1) is 9.04. The molecule has 2 N–H and O–H groups in total. The van der Waals surface area contributed by atoms with Crippen LogP contribution in [-0.2, 0) is 4.79 Å². The van der Waals surface area contributed by atoms with E-state index in [0.717, 1.165) is 11.4 Å². The number of carbonyl (C=O) groups excluding carboxylic acids is 1. The van der Waals surface area contributed by atoms with E-state index in [4.69, 9.17) is 5.73 Å². The van der Waals surface area contributed by atoms with Crippen LogP contribution in [0, 0.1) is 18.8 Å². The van der Waals surface area contributed by atoms with Gasteiger partial charge in [0, 0.05) is 0 Å². The number of rotatable bonds is 4. The molecule has 0 fully saturated rings. The van der Waals surface area contributed by atoms with Crippen LogP contribution in [0.4, 0.5) is 5.69 Å². The van der Waals surface area contributed by atoms with Crippen molar-refractivity contribution < 1.29 is 4.79 Å². The number of hydrazone groups is 1. The third-order valence-corrected chi connectivity index (χ3v) is 3.40. The van der Waals surface area contributed by atoms with Crippen LogP contribution in [0.5, 0.6) is 0 Å². The minimum atomic E-state index is -0.161. The van der Waals surface area contributed by atoms with Crippen molar-refractivity contribution in [1.82, 2.24) is 0 Å². The maximum atomic E-state index is 12.5. The summed E-state index contributed by atoms with van der Waals surface area (Å²) in [7, 11) is 0.